The van der Waals surface area contributed by atoms with Crippen molar-refractivity contribution in [1.82, 2.24) is 20.0 Å². The molecule has 0 radical (unpaired) electrons. The van der Waals surface area contributed by atoms with E-state index in [0.717, 1.165) is 17.7 Å². The molecule has 146 valence electrons. The van der Waals surface area contributed by atoms with Crippen molar-refractivity contribution < 1.29 is 22.3 Å². The number of ether oxygens (including phenoxy) is 1. The van der Waals surface area contributed by atoms with Crippen LogP contribution in [-0.4, -0.2) is 31.2 Å². The van der Waals surface area contributed by atoms with E-state index in [-0.39, 0.29) is 11.3 Å². The fourth-order valence-electron chi connectivity index (χ4n) is 2.51. The molecule has 0 fully saturated rings. The van der Waals surface area contributed by atoms with Gasteiger partial charge in [0, 0.05) is 24.0 Å². The highest BCUT2D eigenvalue weighted by atomic mass is 32.2. The number of carbonyl (C=O) groups excluding carboxylic acids is 1. The van der Waals surface area contributed by atoms with Crippen LogP contribution in [-0.2, 0) is 10.0 Å². The van der Waals surface area contributed by atoms with Crippen molar-refractivity contribution in [3.63, 3.8) is 0 Å². The lowest BCUT2D eigenvalue weighted by atomic mass is 10.1. The molecule has 1 amide bonds. The first-order chi connectivity index (χ1) is 13.3. The molecule has 0 saturated carbocycles. The van der Waals surface area contributed by atoms with Gasteiger partial charge in [-0.3, -0.25) is 10.2 Å². The molecule has 1 aromatic heterocycles. The summed E-state index contributed by atoms with van der Waals surface area (Å²) in [6, 6.07) is 9.96. The minimum absolute atomic E-state index is 0.163. The van der Waals surface area contributed by atoms with Gasteiger partial charge in [-0.05, 0) is 48.9 Å². The standard InChI is InChI=1S/C18H17FN4O4S/c1-12-8-13(10-14(9-12)23-7-3-6-20-23)18(24)21-22-28(25,26)17-11-15(27-2)4-5-16(17)19/h3-11,22H,1-2H3,(H,21,24). The van der Waals surface area contributed by atoms with E-state index in [4.69, 9.17) is 4.74 Å². The average Bonchev–Trinajstić information content (AvgIpc) is 3.21. The third-order valence-corrected chi connectivity index (χ3v) is 5.08. The van der Waals surface area contributed by atoms with Gasteiger partial charge in [-0.2, -0.15) is 5.10 Å². The number of methoxy groups -OCH3 is 1. The van der Waals surface area contributed by atoms with Gasteiger partial charge < -0.3 is 4.74 Å². The van der Waals surface area contributed by atoms with E-state index in [1.54, 1.807) is 42.2 Å². The molecule has 1 heterocycles. The number of nitrogens with zero attached hydrogens (tertiary/aromatic N) is 2. The third-order valence-electron chi connectivity index (χ3n) is 3.82. The van der Waals surface area contributed by atoms with Crippen molar-refractivity contribution in [2.75, 3.05) is 7.11 Å². The summed E-state index contributed by atoms with van der Waals surface area (Å²) in [4.78, 5) is 13.7. The molecule has 28 heavy (non-hydrogen) atoms. The Morgan fingerprint density at radius 3 is 2.68 bits per heavy atom. The Hall–Kier alpha value is -3.24. The molecule has 10 heteroatoms. The highest BCUT2D eigenvalue weighted by Gasteiger charge is 2.21. The number of aryl methyl sites for hydroxylation is 1. The quantitative estimate of drug-likeness (QED) is 0.612. The minimum atomic E-state index is -4.34. The first-order valence-corrected chi connectivity index (χ1v) is 9.56. The molecule has 0 bridgehead atoms. The van der Waals surface area contributed by atoms with Gasteiger partial charge in [0.15, 0.2) is 0 Å². The topological polar surface area (TPSA) is 102 Å². The van der Waals surface area contributed by atoms with E-state index in [1.807, 2.05) is 10.9 Å². The van der Waals surface area contributed by atoms with Crippen LogP contribution < -0.4 is 15.0 Å². The maximum Gasteiger partial charge on any atom is 0.266 e. The van der Waals surface area contributed by atoms with E-state index in [9.17, 15) is 17.6 Å². The minimum Gasteiger partial charge on any atom is -0.497 e. The number of halogens is 1. The van der Waals surface area contributed by atoms with Crippen molar-refractivity contribution in [1.29, 1.82) is 0 Å². The SMILES string of the molecule is COc1ccc(F)c(S(=O)(=O)NNC(=O)c2cc(C)cc(-n3cccn3)c2)c1. The zero-order valence-corrected chi connectivity index (χ0v) is 15.8. The molecular weight excluding hydrogens is 387 g/mol. The second kappa shape index (κ2) is 7.79. The molecule has 0 atom stereocenters. The van der Waals surface area contributed by atoms with E-state index in [0.29, 0.717) is 5.69 Å². The van der Waals surface area contributed by atoms with Gasteiger partial charge in [-0.1, -0.05) is 0 Å². The molecule has 0 unspecified atom stereocenters. The lowest BCUT2D eigenvalue weighted by molar-refractivity contribution is 0.0945. The molecular formula is C18H17FN4O4S. The van der Waals surface area contributed by atoms with Crippen LogP contribution in [0.3, 0.4) is 0 Å². The van der Waals surface area contributed by atoms with Gasteiger partial charge in [0.05, 0.1) is 12.8 Å². The molecule has 8 nitrogen and oxygen atoms in total. The lowest BCUT2D eigenvalue weighted by Crippen LogP contribution is -2.41. The van der Waals surface area contributed by atoms with E-state index in [2.05, 4.69) is 10.5 Å². The van der Waals surface area contributed by atoms with Crippen LogP contribution in [0.25, 0.3) is 5.69 Å². The van der Waals surface area contributed by atoms with Crippen LogP contribution in [0.1, 0.15) is 15.9 Å². The van der Waals surface area contributed by atoms with E-state index < -0.39 is 26.6 Å². The van der Waals surface area contributed by atoms with Gasteiger partial charge in [-0.25, -0.2) is 17.5 Å². The second-order valence-electron chi connectivity index (χ2n) is 5.86. The van der Waals surface area contributed by atoms with Gasteiger partial charge >= 0.3 is 0 Å². The highest BCUT2D eigenvalue weighted by Crippen LogP contribution is 2.20. The molecule has 2 N–H and O–H groups in total. The predicted octanol–water partition coefficient (Wildman–Crippen LogP) is 1.95. The van der Waals surface area contributed by atoms with Crippen LogP contribution in [0.4, 0.5) is 4.39 Å². The lowest BCUT2D eigenvalue weighted by Gasteiger charge is -2.11. The van der Waals surface area contributed by atoms with Gasteiger partial charge in [0.1, 0.15) is 16.5 Å². The number of amides is 1. The summed E-state index contributed by atoms with van der Waals surface area (Å²) in [7, 11) is -3.02. The number of hydrogen-bond acceptors (Lipinski definition) is 5. The summed E-state index contributed by atoms with van der Waals surface area (Å²) in [5.41, 5.74) is 3.71. The average molecular weight is 404 g/mol. The largest absolute Gasteiger partial charge is 0.497 e. The summed E-state index contributed by atoms with van der Waals surface area (Å²) in [5.74, 6) is -1.52. The van der Waals surface area contributed by atoms with Crippen molar-refractivity contribution in [3.05, 3.63) is 71.8 Å². The molecule has 3 rings (SSSR count). The first-order valence-electron chi connectivity index (χ1n) is 8.07. The molecule has 0 aliphatic heterocycles. The Bertz CT molecular complexity index is 1110. The predicted molar refractivity (Wildman–Crippen MR) is 99.0 cm³/mol. The monoisotopic (exact) mass is 404 g/mol. The summed E-state index contributed by atoms with van der Waals surface area (Å²) in [6.07, 6.45) is 3.31. The van der Waals surface area contributed by atoms with Crippen LogP contribution in [0.15, 0.2) is 59.8 Å². The molecule has 0 saturated heterocycles. The van der Waals surface area contributed by atoms with Gasteiger partial charge in [0.2, 0.25) is 0 Å². The summed E-state index contributed by atoms with van der Waals surface area (Å²) in [6.45, 7) is 1.79. The highest BCUT2D eigenvalue weighted by molar-refractivity contribution is 7.89. The van der Waals surface area contributed by atoms with Crippen molar-refractivity contribution >= 4 is 15.9 Å². The summed E-state index contributed by atoms with van der Waals surface area (Å²) in [5, 5.41) is 4.10. The molecule has 0 aliphatic rings. The molecule has 0 aliphatic carbocycles. The fourth-order valence-corrected chi connectivity index (χ4v) is 3.44. The number of nitrogens with one attached hydrogen (secondary N) is 2. The molecule has 3 aromatic rings. The van der Waals surface area contributed by atoms with Gasteiger partial charge in [-0.15, -0.1) is 4.83 Å². The van der Waals surface area contributed by atoms with Crippen molar-refractivity contribution in [2.45, 2.75) is 11.8 Å². The Balaban J connectivity index is 1.81. The van der Waals surface area contributed by atoms with Crippen LogP contribution in [0.2, 0.25) is 0 Å². The fraction of sp³-hybridized carbons (Fsp3) is 0.111. The molecule has 0 spiro atoms. The Morgan fingerprint density at radius 2 is 2.00 bits per heavy atom. The summed E-state index contributed by atoms with van der Waals surface area (Å²) >= 11 is 0. The number of rotatable bonds is 6. The maximum absolute atomic E-state index is 13.9. The number of aromatic nitrogens is 2. The number of hydrogen-bond donors (Lipinski definition) is 2. The smallest absolute Gasteiger partial charge is 0.266 e. The molecule has 2 aromatic carbocycles. The van der Waals surface area contributed by atoms with Crippen molar-refractivity contribution in [2.24, 2.45) is 0 Å². The Kier molecular flexibility index (Phi) is 5.43. The van der Waals surface area contributed by atoms with Crippen LogP contribution in [0.5, 0.6) is 5.75 Å². The number of carbonyl (C=O) groups is 1. The van der Waals surface area contributed by atoms with Crippen LogP contribution in [0, 0.1) is 12.7 Å². The second-order valence-corrected chi connectivity index (χ2v) is 7.51. The maximum atomic E-state index is 13.9. The Labute approximate surface area is 161 Å². The van der Waals surface area contributed by atoms with Crippen molar-refractivity contribution in [3.8, 4) is 11.4 Å². The Morgan fingerprint density at radius 1 is 1.21 bits per heavy atom. The number of benzene rings is 2. The number of sulfonamides is 1. The zero-order chi connectivity index (χ0) is 20.3. The number of hydrazine groups is 1. The normalized spacial score (nSPS) is 11.2. The van der Waals surface area contributed by atoms with Crippen LogP contribution >= 0.6 is 0 Å². The zero-order valence-electron chi connectivity index (χ0n) is 15.0. The van der Waals surface area contributed by atoms with E-state index in [1.165, 1.54) is 13.2 Å². The first kappa shape index (κ1) is 19.5. The van der Waals surface area contributed by atoms with Gasteiger partial charge in [0.25, 0.3) is 15.9 Å². The summed E-state index contributed by atoms with van der Waals surface area (Å²) < 4.78 is 45.1. The third kappa shape index (κ3) is 4.18. The van der Waals surface area contributed by atoms with E-state index >= 15 is 0 Å².